The quantitative estimate of drug-likeness (QED) is 0.159. The van der Waals surface area contributed by atoms with Gasteiger partial charge in [-0.05, 0) is 52.3 Å². The SMILES string of the molecule is COc1ccc(C(=O)[C@@H]2[C@@H]3C(=O)N(c4ccc([N+](=O)[O-])cc4)C(=O)[C@@H]3[C@@H]3C=C(C(=O)c4ccccc4)C=CN23)cc1Br. The van der Waals surface area contributed by atoms with E-state index in [2.05, 4.69) is 15.9 Å². The number of hydrogen-bond donors (Lipinski definition) is 0. The standard InChI is InChI=1S/C31H22BrN3O7/c1-42-24-12-7-18(15-22(24)32)29(37)27-26-25(30(38)34(31(26)39)20-8-10-21(11-9-20)35(40)41)23-16-19(13-14-33(23)27)28(36)17-5-3-2-4-6-17/h2-16,23,25-27H,1H3/t23-,25+,26+,27-/m0/s1. The molecule has 2 amide bonds. The van der Waals surface area contributed by atoms with Crippen LogP contribution in [0.15, 0.2) is 101 Å². The summed E-state index contributed by atoms with van der Waals surface area (Å²) in [6.45, 7) is 0. The Morgan fingerprint density at radius 1 is 0.929 bits per heavy atom. The van der Waals surface area contributed by atoms with Crippen LogP contribution < -0.4 is 9.64 Å². The first-order chi connectivity index (χ1) is 20.2. The monoisotopic (exact) mass is 627 g/mol. The summed E-state index contributed by atoms with van der Waals surface area (Å²) in [4.78, 5) is 68.5. The van der Waals surface area contributed by atoms with E-state index in [0.29, 0.717) is 26.9 Å². The van der Waals surface area contributed by atoms with Crippen molar-refractivity contribution in [1.29, 1.82) is 0 Å². The Kier molecular flexibility index (Phi) is 6.82. The van der Waals surface area contributed by atoms with Gasteiger partial charge in [-0.3, -0.25) is 29.3 Å². The van der Waals surface area contributed by atoms with Crippen molar-refractivity contribution in [1.82, 2.24) is 4.90 Å². The number of benzene rings is 3. The number of carbonyl (C=O) groups excluding carboxylic acids is 4. The van der Waals surface area contributed by atoms with Gasteiger partial charge in [0.05, 0.1) is 40.1 Å². The Hall–Kier alpha value is -4.90. The lowest BCUT2D eigenvalue weighted by Crippen LogP contribution is -2.46. The van der Waals surface area contributed by atoms with Crippen molar-refractivity contribution in [2.75, 3.05) is 12.0 Å². The minimum absolute atomic E-state index is 0.172. The molecule has 10 nitrogen and oxygen atoms in total. The van der Waals surface area contributed by atoms with Crippen molar-refractivity contribution in [3.63, 3.8) is 0 Å². The molecule has 0 bridgehead atoms. The van der Waals surface area contributed by atoms with E-state index >= 15 is 0 Å². The van der Waals surface area contributed by atoms with Gasteiger partial charge >= 0.3 is 0 Å². The molecule has 0 spiro atoms. The molecule has 0 saturated carbocycles. The number of nitro groups is 1. The first kappa shape index (κ1) is 27.3. The van der Waals surface area contributed by atoms with E-state index in [1.54, 1.807) is 71.8 Å². The second-order valence-electron chi connectivity index (χ2n) is 10.1. The molecule has 2 fully saturated rings. The zero-order chi connectivity index (χ0) is 29.7. The number of hydrogen-bond acceptors (Lipinski definition) is 8. The summed E-state index contributed by atoms with van der Waals surface area (Å²) in [6, 6.07) is 16.8. The summed E-state index contributed by atoms with van der Waals surface area (Å²) in [5.41, 5.74) is 1.10. The van der Waals surface area contributed by atoms with Gasteiger partial charge in [0.25, 0.3) is 5.69 Å². The number of allylic oxidation sites excluding steroid dienone is 2. The molecule has 0 radical (unpaired) electrons. The summed E-state index contributed by atoms with van der Waals surface area (Å²) in [6.07, 6.45) is 4.85. The summed E-state index contributed by atoms with van der Waals surface area (Å²) in [5, 5.41) is 11.1. The van der Waals surface area contributed by atoms with E-state index < -0.39 is 40.7 Å². The number of carbonyl (C=O) groups is 4. The number of ether oxygens (including phenoxy) is 1. The lowest BCUT2D eigenvalue weighted by Gasteiger charge is -2.32. The van der Waals surface area contributed by atoms with Crippen molar-refractivity contribution in [2.24, 2.45) is 11.8 Å². The van der Waals surface area contributed by atoms with Gasteiger partial charge in [0, 0.05) is 35.0 Å². The highest BCUT2D eigenvalue weighted by Crippen LogP contribution is 2.47. The molecule has 11 heteroatoms. The van der Waals surface area contributed by atoms with Crippen LogP contribution in [0, 0.1) is 22.0 Å². The summed E-state index contributed by atoms with van der Waals surface area (Å²) in [5.74, 6) is -3.26. The van der Waals surface area contributed by atoms with Crippen LogP contribution >= 0.6 is 15.9 Å². The first-order valence-corrected chi connectivity index (χ1v) is 13.8. The number of imide groups is 1. The molecule has 2 saturated heterocycles. The number of fused-ring (bicyclic) bond motifs is 3. The largest absolute Gasteiger partial charge is 0.496 e. The zero-order valence-corrected chi connectivity index (χ0v) is 23.6. The molecule has 0 aliphatic carbocycles. The molecular weight excluding hydrogens is 606 g/mol. The zero-order valence-electron chi connectivity index (χ0n) is 22.0. The molecule has 4 atom stereocenters. The topological polar surface area (TPSA) is 127 Å². The lowest BCUT2D eigenvalue weighted by molar-refractivity contribution is -0.384. The number of non-ortho nitro benzene ring substituents is 1. The molecular formula is C31H22BrN3O7. The first-order valence-electron chi connectivity index (χ1n) is 13.0. The Labute approximate surface area is 248 Å². The summed E-state index contributed by atoms with van der Waals surface area (Å²) < 4.78 is 5.83. The highest BCUT2D eigenvalue weighted by Gasteiger charge is 2.63. The van der Waals surface area contributed by atoms with Gasteiger partial charge < -0.3 is 9.64 Å². The highest BCUT2D eigenvalue weighted by atomic mass is 79.9. The van der Waals surface area contributed by atoms with Crippen molar-refractivity contribution >= 4 is 50.7 Å². The van der Waals surface area contributed by atoms with E-state index in [1.165, 1.54) is 31.4 Å². The van der Waals surface area contributed by atoms with Gasteiger partial charge in [0.2, 0.25) is 11.8 Å². The van der Waals surface area contributed by atoms with Crippen molar-refractivity contribution in [2.45, 2.75) is 12.1 Å². The Morgan fingerprint density at radius 3 is 2.26 bits per heavy atom. The van der Waals surface area contributed by atoms with Crippen molar-refractivity contribution in [3.05, 3.63) is 122 Å². The number of Topliss-reactive ketones (excluding diaryl/α,β-unsaturated/α-hetero) is 2. The molecule has 0 N–H and O–H groups in total. The number of rotatable bonds is 7. The average Bonchev–Trinajstić information content (AvgIpc) is 3.48. The minimum atomic E-state index is -1.06. The predicted octanol–water partition coefficient (Wildman–Crippen LogP) is 4.74. The maximum Gasteiger partial charge on any atom is 0.269 e. The van der Waals surface area contributed by atoms with Gasteiger partial charge in [-0.2, -0.15) is 0 Å². The van der Waals surface area contributed by atoms with Crippen LogP contribution in [-0.4, -0.2) is 52.4 Å². The molecule has 3 aliphatic rings. The van der Waals surface area contributed by atoms with Gasteiger partial charge in [-0.15, -0.1) is 0 Å². The number of ketones is 2. The molecule has 6 rings (SSSR count). The maximum atomic E-state index is 14.1. The second-order valence-corrected chi connectivity index (χ2v) is 10.9. The molecule has 0 unspecified atom stereocenters. The Balaban J connectivity index is 1.42. The molecule has 0 aromatic heterocycles. The highest BCUT2D eigenvalue weighted by molar-refractivity contribution is 9.10. The molecule has 3 aromatic rings. The van der Waals surface area contributed by atoms with E-state index in [0.717, 1.165) is 4.90 Å². The fraction of sp³-hybridized carbons (Fsp3) is 0.161. The van der Waals surface area contributed by atoms with Gasteiger partial charge in [-0.1, -0.05) is 36.4 Å². The smallest absolute Gasteiger partial charge is 0.269 e. The summed E-state index contributed by atoms with van der Waals surface area (Å²) in [7, 11) is 1.50. The number of amides is 2. The van der Waals surface area contributed by atoms with Gasteiger partial charge in [0.1, 0.15) is 11.8 Å². The summed E-state index contributed by atoms with van der Waals surface area (Å²) >= 11 is 3.40. The number of methoxy groups -OCH3 is 1. The van der Waals surface area contributed by atoms with Crippen molar-refractivity contribution < 1.29 is 28.8 Å². The number of halogens is 1. The minimum Gasteiger partial charge on any atom is -0.496 e. The molecule has 3 aliphatic heterocycles. The molecule has 210 valence electrons. The van der Waals surface area contributed by atoms with Gasteiger partial charge in [0.15, 0.2) is 11.6 Å². The van der Waals surface area contributed by atoms with Crippen molar-refractivity contribution in [3.8, 4) is 5.75 Å². The van der Waals surface area contributed by atoms with E-state index in [9.17, 15) is 29.3 Å². The van der Waals surface area contributed by atoms with Crippen LogP contribution in [0.5, 0.6) is 5.75 Å². The van der Waals surface area contributed by atoms with E-state index in [-0.39, 0.29) is 22.9 Å². The predicted molar refractivity (Wildman–Crippen MR) is 155 cm³/mol. The number of anilines is 1. The van der Waals surface area contributed by atoms with Crippen LogP contribution in [0.3, 0.4) is 0 Å². The number of nitro benzene ring substituents is 1. The fourth-order valence-corrected chi connectivity index (χ4v) is 6.46. The molecule has 3 heterocycles. The van der Waals surface area contributed by atoms with Crippen LogP contribution in [0.1, 0.15) is 20.7 Å². The fourth-order valence-electron chi connectivity index (χ4n) is 5.92. The van der Waals surface area contributed by atoms with Crippen LogP contribution in [0.2, 0.25) is 0 Å². The second kappa shape index (κ2) is 10.5. The molecule has 3 aromatic carbocycles. The third-order valence-electron chi connectivity index (χ3n) is 7.87. The Morgan fingerprint density at radius 2 is 1.62 bits per heavy atom. The molecule has 42 heavy (non-hydrogen) atoms. The Bertz CT molecular complexity index is 1720. The third-order valence-corrected chi connectivity index (χ3v) is 8.49. The lowest BCUT2D eigenvalue weighted by atomic mass is 9.85. The van der Waals surface area contributed by atoms with E-state index in [4.69, 9.17) is 4.74 Å². The van der Waals surface area contributed by atoms with Crippen LogP contribution in [-0.2, 0) is 9.59 Å². The van der Waals surface area contributed by atoms with Crippen LogP contribution in [0.4, 0.5) is 11.4 Å². The van der Waals surface area contributed by atoms with Crippen LogP contribution in [0.25, 0.3) is 0 Å². The maximum absolute atomic E-state index is 14.1. The van der Waals surface area contributed by atoms with Gasteiger partial charge in [-0.25, -0.2) is 4.90 Å². The average molecular weight is 628 g/mol. The third kappa shape index (κ3) is 4.33. The van der Waals surface area contributed by atoms with E-state index in [1.807, 2.05) is 0 Å². The number of nitrogens with zero attached hydrogens (tertiary/aromatic N) is 3. The normalized spacial score (nSPS) is 22.5.